The van der Waals surface area contributed by atoms with E-state index in [0.717, 1.165) is 18.7 Å². The quantitative estimate of drug-likeness (QED) is 0.318. The second kappa shape index (κ2) is 7.88. The molecule has 26 heavy (non-hydrogen) atoms. The Hall–Kier alpha value is -2.39. The summed E-state index contributed by atoms with van der Waals surface area (Å²) in [4.78, 5) is 22.5. The van der Waals surface area contributed by atoms with Gasteiger partial charge in [-0.25, -0.2) is 0 Å². The lowest BCUT2D eigenvalue weighted by Crippen LogP contribution is -2.15. The van der Waals surface area contributed by atoms with E-state index in [4.69, 9.17) is 11.6 Å². The molecule has 3 rings (SSSR count). The minimum atomic E-state index is -0.544. The van der Waals surface area contributed by atoms with E-state index in [9.17, 15) is 14.9 Å². The molecule has 1 aliphatic carbocycles. The van der Waals surface area contributed by atoms with E-state index in [1.54, 1.807) is 6.08 Å². The SMILES string of the molecule is C=CCn1c(SCC(=O)Nc2cc([N+](=O)[O-])ccc2Cl)nnc1C1CC1. The number of halogens is 1. The number of benzene rings is 1. The lowest BCUT2D eigenvalue weighted by molar-refractivity contribution is -0.384. The summed E-state index contributed by atoms with van der Waals surface area (Å²) in [5.74, 6) is 1.11. The maximum Gasteiger partial charge on any atom is 0.271 e. The summed E-state index contributed by atoms with van der Waals surface area (Å²) in [6.07, 6.45) is 3.97. The van der Waals surface area contributed by atoms with Crippen molar-refractivity contribution in [1.82, 2.24) is 14.8 Å². The van der Waals surface area contributed by atoms with Crippen LogP contribution in [0, 0.1) is 10.1 Å². The van der Waals surface area contributed by atoms with Crippen molar-refractivity contribution in [3.63, 3.8) is 0 Å². The highest BCUT2D eigenvalue weighted by molar-refractivity contribution is 7.99. The highest BCUT2D eigenvalue weighted by Crippen LogP contribution is 2.40. The van der Waals surface area contributed by atoms with Crippen molar-refractivity contribution in [1.29, 1.82) is 0 Å². The zero-order chi connectivity index (χ0) is 18.7. The molecule has 2 aromatic rings. The van der Waals surface area contributed by atoms with Crippen LogP contribution in [-0.2, 0) is 11.3 Å². The number of amides is 1. The Bertz CT molecular complexity index is 866. The van der Waals surface area contributed by atoms with Crippen molar-refractivity contribution < 1.29 is 9.72 Å². The van der Waals surface area contributed by atoms with Crippen molar-refractivity contribution in [2.45, 2.75) is 30.5 Å². The largest absolute Gasteiger partial charge is 0.324 e. The molecule has 1 amide bonds. The summed E-state index contributed by atoms with van der Waals surface area (Å²) >= 11 is 7.24. The van der Waals surface area contributed by atoms with Gasteiger partial charge in [0, 0.05) is 24.6 Å². The van der Waals surface area contributed by atoms with Gasteiger partial charge >= 0.3 is 0 Å². The summed E-state index contributed by atoms with van der Waals surface area (Å²) < 4.78 is 1.96. The first-order chi connectivity index (χ1) is 12.5. The second-order valence-corrected chi connectivity index (χ2v) is 7.12. The van der Waals surface area contributed by atoms with Gasteiger partial charge in [0.05, 0.1) is 21.4 Å². The molecule has 0 saturated heterocycles. The van der Waals surface area contributed by atoms with Gasteiger partial charge in [-0.05, 0) is 18.9 Å². The van der Waals surface area contributed by atoms with Crippen LogP contribution < -0.4 is 5.32 Å². The molecule has 0 spiro atoms. The number of carbonyl (C=O) groups is 1. The fraction of sp³-hybridized carbons (Fsp3) is 0.312. The lowest BCUT2D eigenvalue weighted by Gasteiger charge is -2.08. The fourth-order valence-corrected chi connectivity index (χ4v) is 3.31. The van der Waals surface area contributed by atoms with Gasteiger partial charge in [-0.3, -0.25) is 14.9 Å². The van der Waals surface area contributed by atoms with Gasteiger partial charge < -0.3 is 9.88 Å². The minimum absolute atomic E-state index is 0.0823. The topological polar surface area (TPSA) is 103 Å². The Morgan fingerprint density at radius 3 is 2.92 bits per heavy atom. The molecule has 1 N–H and O–H groups in total. The number of non-ortho nitro benzene ring substituents is 1. The summed E-state index contributed by atoms with van der Waals surface area (Å²) in [7, 11) is 0. The molecule has 1 aliphatic rings. The predicted molar refractivity (Wildman–Crippen MR) is 99.7 cm³/mol. The molecule has 10 heteroatoms. The number of anilines is 1. The molecule has 1 aromatic heterocycles. The number of carbonyl (C=O) groups excluding carboxylic acids is 1. The van der Waals surface area contributed by atoms with Crippen LogP contribution in [0.25, 0.3) is 0 Å². The Balaban J connectivity index is 1.65. The molecule has 0 atom stereocenters. The summed E-state index contributed by atoms with van der Waals surface area (Å²) in [6.45, 7) is 4.33. The minimum Gasteiger partial charge on any atom is -0.324 e. The van der Waals surface area contributed by atoms with Gasteiger partial charge in [-0.1, -0.05) is 29.4 Å². The first-order valence-corrected chi connectivity index (χ1v) is 9.26. The molecule has 0 unspecified atom stereocenters. The van der Waals surface area contributed by atoms with Crippen LogP contribution >= 0.6 is 23.4 Å². The van der Waals surface area contributed by atoms with E-state index < -0.39 is 4.92 Å². The highest BCUT2D eigenvalue weighted by Gasteiger charge is 2.30. The normalized spacial score (nSPS) is 13.4. The average Bonchev–Trinajstić information content (AvgIpc) is 3.37. The third kappa shape index (κ3) is 4.23. The maximum absolute atomic E-state index is 12.2. The van der Waals surface area contributed by atoms with Crippen molar-refractivity contribution in [2.75, 3.05) is 11.1 Å². The van der Waals surface area contributed by atoms with Crippen LogP contribution in [0.1, 0.15) is 24.6 Å². The molecule has 1 fully saturated rings. The number of hydrogen-bond donors (Lipinski definition) is 1. The number of rotatable bonds is 8. The monoisotopic (exact) mass is 393 g/mol. The molecule has 0 bridgehead atoms. The van der Waals surface area contributed by atoms with Crippen molar-refractivity contribution >= 4 is 40.6 Å². The van der Waals surface area contributed by atoms with E-state index in [-0.39, 0.29) is 28.1 Å². The van der Waals surface area contributed by atoms with Gasteiger partial charge in [-0.15, -0.1) is 16.8 Å². The van der Waals surface area contributed by atoms with Crippen molar-refractivity contribution in [2.24, 2.45) is 0 Å². The van der Waals surface area contributed by atoms with E-state index in [2.05, 4.69) is 22.1 Å². The highest BCUT2D eigenvalue weighted by atomic mass is 35.5. The number of aromatic nitrogens is 3. The number of hydrogen-bond acceptors (Lipinski definition) is 6. The van der Waals surface area contributed by atoms with E-state index in [1.165, 1.54) is 30.0 Å². The molecule has 1 aromatic carbocycles. The third-order valence-electron chi connectivity index (χ3n) is 3.77. The van der Waals surface area contributed by atoms with Crippen LogP contribution in [0.5, 0.6) is 0 Å². The van der Waals surface area contributed by atoms with Gasteiger partial charge in [-0.2, -0.15) is 0 Å². The molecule has 0 aliphatic heterocycles. The van der Waals surface area contributed by atoms with Crippen LogP contribution in [0.15, 0.2) is 36.0 Å². The Labute approximate surface area is 158 Å². The number of nitro groups is 1. The van der Waals surface area contributed by atoms with Gasteiger partial charge in [0.2, 0.25) is 5.91 Å². The van der Waals surface area contributed by atoms with Gasteiger partial charge in [0.25, 0.3) is 5.69 Å². The summed E-state index contributed by atoms with van der Waals surface area (Å²) in [6, 6.07) is 3.89. The second-order valence-electron chi connectivity index (χ2n) is 5.77. The molecular weight excluding hydrogens is 378 g/mol. The van der Waals surface area contributed by atoms with Crippen LogP contribution in [0.3, 0.4) is 0 Å². The molecule has 0 radical (unpaired) electrons. The number of thioether (sulfide) groups is 1. The third-order valence-corrected chi connectivity index (χ3v) is 5.06. The first-order valence-electron chi connectivity index (χ1n) is 7.90. The summed E-state index contributed by atoms with van der Waals surface area (Å²) in [5, 5.41) is 22.7. The van der Waals surface area contributed by atoms with Crippen LogP contribution in [-0.4, -0.2) is 31.3 Å². The lowest BCUT2D eigenvalue weighted by atomic mass is 10.3. The Morgan fingerprint density at radius 1 is 1.50 bits per heavy atom. The predicted octanol–water partition coefficient (Wildman–Crippen LogP) is 3.63. The van der Waals surface area contributed by atoms with E-state index in [0.29, 0.717) is 17.6 Å². The molecule has 136 valence electrons. The van der Waals surface area contributed by atoms with Crippen molar-refractivity contribution in [3.05, 3.63) is 51.8 Å². The number of nitrogens with one attached hydrogen (secondary N) is 1. The molecular formula is C16H16ClN5O3S. The van der Waals surface area contributed by atoms with Gasteiger partial charge in [0.15, 0.2) is 5.16 Å². The zero-order valence-electron chi connectivity index (χ0n) is 13.7. The smallest absolute Gasteiger partial charge is 0.271 e. The average molecular weight is 394 g/mol. The van der Waals surface area contributed by atoms with E-state index in [1.807, 2.05) is 4.57 Å². The Morgan fingerprint density at radius 2 is 2.27 bits per heavy atom. The summed E-state index contributed by atoms with van der Waals surface area (Å²) in [5.41, 5.74) is 0.0647. The van der Waals surface area contributed by atoms with Crippen molar-refractivity contribution in [3.8, 4) is 0 Å². The number of nitro benzene ring substituents is 1. The Kier molecular flexibility index (Phi) is 5.58. The fourth-order valence-electron chi connectivity index (χ4n) is 2.39. The van der Waals surface area contributed by atoms with Crippen LogP contribution in [0.4, 0.5) is 11.4 Å². The van der Waals surface area contributed by atoms with E-state index >= 15 is 0 Å². The number of allylic oxidation sites excluding steroid dienone is 1. The maximum atomic E-state index is 12.2. The zero-order valence-corrected chi connectivity index (χ0v) is 15.3. The number of nitrogens with zero attached hydrogens (tertiary/aromatic N) is 4. The standard InChI is InChI=1S/C16H16ClN5O3S/c1-2-7-21-15(10-3-4-10)19-20-16(21)26-9-14(23)18-13-8-11(22(24)25)5-6-12(13)17/h2,5-6,8,10H,1,3-4,7,9H2,(H,18,23). The van der Waals surface area contributed by atoms with Crippen LogP contribution in [0.2, 0.25) is 5.02 Å². The molecule has 1 saturated carbocycles. The molecule has 8 nitrogen and oxygen atoms in total. The first kappa shape index (κ1) is 18.4. The van der Waals surface area contributed by atoms with Gasteiger partial charge in [0.1, 0.15) is 5.82 Å². The molecule has 1 heterocycles.